The molecule has 1 aliphatic rings. The second-order valence-electron chi connectivity index (χ2n) is 5.28. The van der Waals surface area contributed by atoms with Gasteiger partial charge in [0.1, 0.15) is 4.90 Å². The van der Waals surface area contributed by atoms with Crippen LogP contribution in [0.25, 0.3) is 0 Å². The second-order valence-corrected chi connectivity index (χ2v) is 7.28. The van der Waals surface area contributed by atoms with Gasteiger partial charge in [0.25, 0.3) is 0 Å². The summed E-state index contributed by atoms with van der Waals surface area (Å²) in [7, 11) is 0.253. The van der Waals surface area contributed by atoms with E-state index in [1.165, 1.54) is 10.5 Å². The molecule has 0 spiro atoms. The zero-order valence-corrected chi connectivity index (χ0v) is 12.9. The highest BCUT2D eigenvalue weighted by molar-refractivity contribution is 7.89. The van der Waals surface area contributed by atoms with Crippen molar-refractivity contribution in [1.29, 1.82) is 0 Å². The molecule has 0 unspecified atom stereocenters. The van der Waals surface area contributed by atoms with E-state index in [-0.39, 0.29) is 10.9 Å². The number of rotatable bonds is 5. The third-order valence-corrected chi connectivity index (χ3v) is 5.71. The minimum Gasteiger partial charge on any atom is -0.329 e. The molecule has 0 atom stereocenters. The molecule has 7 nitrogen and oxygen atoms in total. The molecule has 0 aliphatic carbocycles. The molecule has 2 rings (SSSR count). The van der Waals surface area contributed by atoms with Crippen LogP contribution in [0, 0.1) is 0 Å². The van der Waals surface area contributed by atoms with Crippen LogP contribution in [0.5, 0.6) is 0 Å². The fourth-order valence-electron chi connectivity index (χ4n) is 2.45. The molecule has 1 saturated heterocycles. The maximum absolute atomic E-state index is 12.6. The predicted octanol–water partition coefficient (Wildman–Crippen LogP) is -0.443. The summed E-state index contributed by atoms with van der Waals surface area (Å²) >= 11 is 0. The van der Waals surface area contributed by atoms with Gasteiger partial charge >= 0.3 is 0 Å². The lowest BCUT2D eigenvalue weighted by molar-refractivity contribution is 0.197. The number of piperidine rings is 1. The van der Waals surface area contributed by atoms with Gasteiger partial charge in [-0.25, -0.2) is 8.42 Å². The average Bonchev–Trinajstić information content (AvgIpc) is 2.88. The Kier molecular flexibility index (Phi) is 4.79. The van der Waals surface area contributed by atoms with E-state index < -0.39 is 10.0 Å². The minimum absolute atomic E-state index is 0.0639. The van der Waals surface area contributed by atoms with Crippen LogP contribution in [-0.2, 0) is 16.6 Å². The fraction of sp³-hybridized carbons (Fsp3) is 0.750. The quantitative estimate of drug-likeness (QED) is 0.797. The molecule has 1 aromatic rings. The van der Waals surface area contributed by atoms with Gasteiger partial charge in [0.15, 0.2) is 0 Å². The lowest BCUT2D eigenvalue weighted by Crippen LogP contribution is -2.44. The minimum atomic E-state index is -3.46. The van der Waals surface area contributed by atoms with Gasteiger partial charge in [0.2, 0.25) is 10.0 Å². The smallest absolute Gasteiger partial charge is 0.246 e. The lowest BCUT2D eigenvalue weighted by atomic mass is 10.1. The summed E-state index contributed by atoms with van der Waals surface area (Å²) < 4.78 is 28.2. The van der Waals surface area contributed by atoms with Crippen LogP contribution in [-0.4, -0.2) is 67.2 Å². The summed E-state index contributed by atoms with van der Waals surface area (Å²) in [4.78, 5) is 2.46. The van der Waals surface area contributed by atoms with E-state index in [9.17, 15) is 8.42 Å². The number of nitrogens with zero attached hydrogens (tertiary/aromatic N) is 4. The predicted molar refractivity (Wildman–Crippen MR) is 76.7 cm³/mol. The van der Waals surface area contributed by atoms with Crippen molar-refractivity contribution in [3.63, 3.8) is 0 Å². The Hall–Kier alpha value is -0.960. The zero-order valence-electron chi connectivity index (χ0n) is 12.1. The Bertz CT molecular complexity index is 534. The van der Waals surface area contributed by atoms with E-state index in [0.717, 1.165) is 25.9 Å². The first-order chi connectivity index (χ1) is 9.45. The topological polar surface area (TPSA) is 84.5 Å². The van der Waals surface area contributed by atoms with Gasteiger partial charge in [-0.15, -0.1) is 0 Å². The number of aromatic nitrogens is 2. The molecule has 0 aromatic carbocycles. The van der Waals surface area contributed by atoms with Gasteiger partial charge in [-0.05, 0) is 33.0 Å². The summed E-state index contributed by atoms with van der Waals surface area (Å²) in [5, 5.41) is 4.03. The third kappa shape index (κ3) is 3.20. The van der Waals surface area contributed by atoms with E-state index in [0.29, 0.717) is 13.1 Å². The van der Waals surface area contributed by atoms with Gasteiger partial charge in [0, 0.05) is 25.8 Å². The first kappa shape index (κ1) is 15.4. The number of hydrogen-bond donors (Lipinski definition) is 1. The molecule has 0 amide bonds. The molecule has 2 heterocycles. The fourth-order valence-corrected chi connectivity index (χ4v) is 3.82. The van der Waals surface area contributed by atoms with Crippen LogP contribution in [0.2, 0.25) is 0 Å². The summed E-state index contributed by atoms with van der Waals surface area (Å²) in [6, 6.07) is 0.0639. The van der Waals surface area contributed by atoms with Crippen LogP contribution >= 0.6 is 0 Å². The van der Waals surface area contributed by atoms with Crippen LogP contribution in [0.1, 0.15) is 12.8 Å². The standard InChI is InChI=1S/C12H23N5O2S/c1-15-6-3-11(4-7-15)16(2)20(18,19)12-9-14-17(10-12)8-5-13/h9-11H,3-8,13H2,1-2H3. The molecule has 20 heavy (non-hydrogen) atoms. The van der Waals surface area contributed by atoms with Crippen molar-refractivity contribution in [3.05, 3.63) is 12.4 Å². The lowest BCUT2D eigenvalue weighted by Gasteiger charge is -2.34. The number of sulfonamides is 1. The highest BCUT2D eigenvalue weighted by Gasteiger charge is 2.30. The van der Waals surface area contributed by atoms with Gasteiger partial charge in [-0.3, -0.25) is 4.68 Å². The van der Waals surface area contributed by atoms with Crippen molar-refractivity contribution in [2.24, 2.45) is 5.73 Å². The van der Waals surface area contributed by atoms with E-state index in [2.05, 4.69) is 17.0 Å². The molecule has 0 bridgehead atoms. The first-order valence-corrected chi connectivity index (χ1v) is 8.28. The molecule has 2 N–H and O–H groups in total. The van der Waals surface area contributed by atoms with Crippen molar-refractivity contribution in [3.8, 4) is 0 Å². The average molecular weight is 301 g/mol. The highest BCUT2D eigenvalue weighted by Crippen LogP contribution is 2.21. The Morgan fingerprint density at radius 2 is 2.10 bits per heavy atom. The molecule has 0 saturated carbocycles. The number of hydrogen-bond acceptors (Lipinski definition) is 5. The van der Waals surface area contributed by atoms with Gasteiger partial charge in [-0.2, -0.15) is 9.40 Å². The SMILES string of the molecule is CN1CCC(N(C)S(=O)(=O)c2cnn(CCN)c2)CC1. The van der Waals surface area contributed by atoms with E-state index in [1.807, 2.05) is 0 Å². The second kappa shape index (κ2) is 6.21. The summed E-state index contributed by atoms with van der Waals surface area (Å²) in [6.45, 7) is 2.81. The third-order valence-electron chi connectivity index (χ3n) is 3.85. The van der Waals surface area contributed by atoms with Gasteiger partial charge in [0.05, 0.1) is 12.7 Å². The van der Waals surface area contributed by atoms with Crippen LogP contribution in [0.3, 0.4) is 0 Å². The van der Waals surface area contributed by atoms with Gasteiger partial charge < -0.3 is 10.6 Å². The maximum Gasteiger partial charge on any atom is 0.246 e. The summed E-state index contributed by atoms with van der Waals surface area (Å²) in [5.41, 5.74) is 5.44. The normalized spacial score (nSPS) is 18.8. The first-order valence-electron chi connectivity index (χ1n) is 6.84. The zero-order chi connectivity index (χ0) is 14.8. The molecule has 1 aromatic heterocycles. The molecular formula is C12H23N5O2S. The summed E-state index contributed by atoms with van der Waals surface area (Å²) in [6.07, 6.45) is 4.68. The highest BCUT2D eigenvalue weighted by atomic mass is 32.2. The molecule has 114 valence electrons. The van der Waals surface area contributed by atoms with Crippen molar-refractivity contribution >= 4 is 10.0 Å². The van der Waals surface area contributed by atoms with E-state index in [1.54, 1.807) is 17.9 Å². The number of nitrogens with two attached hydrogens (primary N) is 1. The van der Waals surface area contributed by atoms with Crippen molar-refractivity contribution in [2.75, 3.05) is 33.7 Å². The Labute approximate surface area is 120 Å². The maximum atomic E-state index is 12.6. The molecule has 1 aliphatic heterocycles. The monoisotopic (exact) mass is 301 g/mol. The largest absolute Gasteiger partial charge is 0.329 e. The van der Waals surface area contributed by atoms with Gasteiger partial charge in [-0.1, -0.05) is 0 Å². The van der Waals surface area contributed by atoms with Crippen LogP contribution < -0.4 is 5.73 Å². The Morgan fingerprint density at radius 3 is 2.70 bits per heavy atom. The Balaban J connectivity index is 2.12. The number of likely N-dealkylation sites (tertiary alicyclic amines) is 1. The Morgan fingerprint density at radius 1 is 1.45 bits per heavy atom. The summed E-state index contributed by atoms with van der Waals surface area (Å²) in [5.74, 6) is 0. The van der Waals surface area contributed by atoms with E-state index >= 15 is 0 Å². The van der Waals surface area contributed by atoms with Crippen molar-refractivity contribution < 1.29 is 8.42 Å². The molecule has 8 heteroatoms. The van der Waals surface area contributed by atoms with Crippen LogP contribution in [0.4, 0.5) is 0 Å². The molecule has 0 radical (unpaired) electrons. The van der Waals surface area contributed by atoms with Crippen molar-refractivity contribution in [1.82, 2.24) is 19.0 Å². The van der Waals surface area contributed by atoms with Crippen molar-refractivity contribution in [2.45, 2.75) is 30.3 Å². The van der Waals surface area contributed by atoms with E-state index in [4.69, 9.17) is 5.73 Å². The molecule has 1 fully saturated rings. The molecular weight excluding hydrogens is 278 g/mol. The van der Waals surface area contributed by atoms with Crippen LogP contribution in [0.15, 0.2) is 17.3 Å².